The molecule has 44 heavy (non-hydrogen) atoms. The SMILES string of the molecule is CC(=O)c1ccc(Br)cc1Cl.CC(N)c1ccc(Br)cc1Cl.CC(N=CB=O)c1ccc(B2OC(C)(C)C(C)(C)O2)cc1Cl. The number of ketones is 1. The molecule has 0 saturated carbocycles. The number of hydrogen-bond donors (Lipinski definition) is 1. The molecule has 3 aromatic carbocycles. The number of aliphatic imine (C=N–C) groups is 1. The number of rotatable bonds is 6. The van der Waals surface area contributed by atoms with Crippen molar-refractivity contribution in [2.75, 3.05) is 0 Å². The van der Waals surface area contributed by atoms with Crippen molar-refractivity contribution in [1.82, 2.24) is 0 Å². The molecule has 1 aliphatic heterocycles. The molecular formula is C31H35B2Br2Cl3N2O4. The van der Waals surface area contributed by atoms with Gasteiger partial charge in [0.15, 0.2) is 5.78 Å². The van der Waals surface area contributed by atoms with Gasteiger partial charge in [0.05, 0.1) is 5.02 Å². The summed E-state index contributed by atoms with van der Waals surface area (Å²) in [5, 5.41) is 1.80. The van der Waals surface area contributed by atoms with Gasteiger partial charge in [0.1, 0.15) is 0 Å². The minimum atomic E-state index is -0.440. The molecule has 6 nitrogen and oxygen atoms in total. The van der Waals surface area contributed by atoms with Crippen LogP contribution in [0.25, 0.3) is 0 Å². The third-order valence-electron chi connectivity index (χ3n) is 7.13. The van der Waals surface area contributed by atoms with E-state index in [1.54, 1.807) is 18.2 Å². The Morgan fingerprint density at radius 3 is 1.84 bits per heavy atom. The molecule has 2 unspecified atom stereocenters. The summed E-state index contributed by atoms with van der Waals surface area (Å²) < 4.78 is 24.2. The van der Waals surface area contributed by atoms with Gasteiger partial charge in [0.25, 0.3) is 0 Å². The van der Waals surface area contributed by atoms with Gasteiger partial charge in [0, 0.05) is 25.6 Å². The Hall–Kier alpha value is -1.36. The molecule has 2 N–H and O–H groups in total. The fourth-order valence-electron chi connectivity index (χ4n) is 3.90. The molecule has 13 heteroatoms. The Labute approximate surface area is 293 Å². The molecule has 1 aliphatic rings. The average Bonchev–Trinajstić information content (AvgIpc) is 3.13. The number of hydrogen-bond acceptors (Lipinski definition) is 6. The molecule has 234 valence electrons. The van der Waals surface area contributed by atoms with Crippen molar-refractivity contribution < 1.29 is 18.8 Å². The van der Waals surface area contributed by atoms with E-state index >= 15 is 0 Å². The fourth-order valence-corrected chi connectivity index (χ4v) is 5.90. The van der Waals surface area contributed by atoms with Gasteiger partial charge in [-0.3, -0.25) is 4.79 Å². The predicted octanol–water partition coefficient (Wildman–Crippen LogP) is 9.21. The summed E-state index contributed by atoms with van der Waals surface area (Å²) in [6, 6.07) is 16.4. The Morgan fingerprint density at radius 1 is 0.886 bits per heavy atom. The number of benzene rings is 3. The molecule has 2 atom stereocenters. The summed E-state index contributed by atoms with van der Waals surface area (Å²) in [6.45, 7) is 13.3. The van der Waals surface area contributed by atoms with Crippen molar-refractivity contribution in [2.24, 2.45) is 10.7 Å². The summed E-state index contributed by atoms with van der Waals surface area (Å²) in [5.74, 6) is -0.0116. The number of Topliss-reactive ketones (excluding diaryl/α,β-unsaturated/α-hetero) is 1. The number of carbonyl (C=O) groups excluding carboxylic acids is 1. The van der Waals surface area contributed by atoms with Crippen LogP contribution in [0.15, 0.2) is 68.5 Å². The Kier molecular flexibility index (Phi) is 15.0. The maximum atomic E-state index is 10.9. The molecular weight excluding hydrogens is 752 g/mol. The van der Waals surface area contributed by atoms with E-state index in [9.17, 15) is 9.50 Å². The third kappa shape index (κ3) is 10.9. The Morgan fingerprint density at radius 2 is 1.39 bits per heavy atom. The summed E-state index contributed by atoms with van der Waals surface area (Å²) in [7, 11) is 0.216. The van der Waals surface area contributed by atoms with E-state index in [0.29, 0.717) is 22.8 Å². The molecule has 0 radical (unpaired) electrons. The molecule has 1 fully saturated rings. The van der Waals surface area contributed by atoms with E-state index in [2.05, 4.69) is 36.9 Å². The van der Waals surface area contributed by atoms with Gasteiger partial charge in [-0.25, -0.2) is 0 Å². The van der Waals surface area contributed by atoms with Gasteiger partial charge in [-0.05, 0) is 49.7 Å². The number of carbonyl (C=O) groups is 1. The monoisotopic (exact) mass is 784 g/mol. The number of nitrogens with zero attached hydrogens (tertiary/aromatic N) is 1. The van der Waals surface area contributed by atoms with E-state index in [1.807, 2.05) is 77.9 Å². The van der Waals surface area contributed by atoms with Gasteiger partial charge < -0.3 is 5.73 Å². The molecule has 0 spiro atoms. The second-order valence-corrected chi connectivity index (χ2v) is 14.2. The van der Waals surface area contributed by atoms with E-state index in [4.69, 9.17) is 49.8 Å². The van der Waals surface area contributed by atoms with Crippen LogP contribution in [0.2, 0.25) is 15.1 Å². The van der Waals surface area contributed by atoms with Crippen LogP contribution < -0.4 is 11.2 Å². The van der Waals surface area contributed by atoms with E-state index in [-0.39, 0.29) is 29.1 Å². The standard InChI is InChI=1S/C15H20B2ClNO3.C8H9BrClN.C8H6BrClO/c1-10(19-9-16-20)12-7-6-11(8-13(12)18)17-21-14(2,3)15(4,5)22-17;2*1-5(11)7-3-2-6(9)4-8(7)10/h6-10H,1-5H3;2-5H,11H2,1H3;2-4H,1H3. The van der Waals surface area contributed by atoms with Crippen molar-refractivity contribution in [1.29, 1.82) is 0 Å². The number of halogens is 5. The quantitative estimate of drug-likeness (QED) is 0.153. The van der Waals surface area contributed by atoms with Crippen LogP contribution in [0.5, 0.6) is 0 Å². The maximum absolute atomic E-state index is 10.9. The van der Waals surface area contributed by atoms with Gasteiger partial charge in [-0.15, -0.1) is 0 Å². The first-order chi connectivity index (χ1) is 20.4. The van der Waals surface area contributed by atoms with E-state index < -0.39 is 7.12 Å². The van der Waals surface area contributed by atoms with E-state index in [1.165, 1.54) is 13.0 Å². The third-order valence-corrected chi connectivity index (χ3v) is 9.09. The summed E-state index contributed by atoms with van der Waals surface area (Å²) in [4.78, 5) is 15.0. The number of nitrogens with two attached hydrogens (primary N) is 1. The first-order valence-electron chi connectivity index (χ1n) is 13.7. The minimum absolute atomic E-state index is 0.00407. The molecule has 1 heterocycles. The zero-order valence-corrected chi connectivity index (χ0v) is 31.1. The molecule has 0 aliphatic carbocycles. The van der Waals surface area contributed by atoms with Crippen molar-refractivity contribution in [3.8, 4) is 0 Å². The van der Waals surface area contributed by atoms with Gasteiger partial charge in [-0.1, -0.05) is 61.1 Å². The van der Waals surface area contributed by atoms with Crippen LogP contribution in [0, 0.1) is 0 Å². The summed E-state index contributed by atoms with van der Waals surface area (Å²) in [5.41, 5.74) is 8.18. The second-order valence-electron chi connectivity index (χ2n) is 11.1. The fraction of sp³-hybridized carbons (Fsp3) is 0.355. The predicted molar refractivity (Wildman–Crippen MR) is 191 cm³/mol. The zero-order chi connectivity index (χ0) is 33.4. The van der Waals surface area contributed by atoms with Crippen LogP contribution in [-0.2, 0) is 14.0 Å². The molecule has 3 aromatic rings. The first kappa shape index (κ1) is 38.8. The zero-order valence-electron chi connectivity index (χ0n) is 25.6. The van der Waals surface area contributed by atoms with Crippen LogP contribution in [0.1, 0.15) is 82.0 Å². The summed E-state index contributed by atoms with van der Waals surface area (Å²) in [6.07, 6.45) is 1.24. The van der Waals surface area contributed by atoms with Crippen LogP contribution in [0.3, 0.4) is 0 Å². The average molecular weight is 787 g/mol. The van der Waals surface area contributed by atoms with Gasteiger partial charge >= 0.3 is 137 Å². The van der Waals surface area contributed by atoms with Crippen molar-refractivity contribution in [3.05, 3.63) is 95.3 Å². The van der Waals surface area contributed by atoms with E-state index in [0.717, 1.165) is 30.6 Å². The Bertz CT molecular complexity index is 1490. The molecule has 1 saturated heterocycles. The topological polar surface area (TPSA) is 91.0 Å². The van der Waals surface area contributed by atoms with Crippen molar-refractivity contribution in [3.63, 3.8) is 0 Å². The Balaban J connectivity index is 0.000000257. The van der Waals surface area contributed by atoms with Crippen LogP contribution >= 0.6 is 66.7 Å². The first-order valence-corrected chi connectivity index (χ1v) is 16.4. The van der Waals surface area contributed by atoms with Crippen molar-refractivity contribution >= 4 is 98.3 Å². The van der Waals surface area contributed by atoms with Gasteiger partial charge in [0.2, 0.25) is 0 Å². The van der Waals surface area contributed by atoms with Crippen molar-refractivity contribution in [2.45, 2.75) is 71.8 Å². The molecule has 0 aromatic heterocycles. The second kappa shape index (κ2) is 17.0. The molecule has 0 bridgehead atoms. The molecule has 4 rings (SSSR count). The normalized spacial score (nSPS) is 16.2. The van der Waals surface area contributed by atoms with Crippen LogP contribution in [-0.4, -0.2) is 37.4 Å². The summed E-state index contributed by atoms with van der Waals surface area (Å²) >= 11 is 24.6. The molecule has 0 amide bonds. The van der Waals surface area contributed by atoms with Gasteiger partial charge in [-0.2, -0.15) is 0 Å². The van der Waals surface area contributed by atoms with Crippen LogP contribution in [0.4, 0.5) is 0 Å².